The third-order valence-corrected chi connectivity index (χ3v) is 6.52. The van der Waals surface area contributed by atoms with Gasteiger partial charge >= 0.3 is 0 Å². The molecule has 2 aliphatic heterocycles. The van der Waals surface area contributed by atoms with E-state index in [2.05, 4.69) is 15.0 Å². The first-order valence-corrected chi connectivity index (χ1v) is 10.7. The Labute approximate surface area is 171 Å². The molecule has 9 heteroatoms. The summed E-state index contributed by atoms with van der Waals surface area (Å²) in [5.41, 5.74) is 1.63. The molecule has 1 aromatic carbocycles. The van der Waals surface area contributed by atoms with Crippen LogP contribution in [0.2, 0.25) is 0 Å². The Morgan fingerprint density at radius 2 is 1.97 bits per heavy atom. The van der Waals surface area contributed by atoms with Crippen molar-refractivity contribution in [2.45, 2.75) is 12.8 Å². The number of imidazole rings is 1. The van der Waals surface area contributed by atoms with Gasteiger partial charge in [0.25, 0.3) is 0 Å². The molecule has 1 amide bonds. The van der Waals surface area contributed by atoms with Crippen molar-refractivity contribution in [2.75, 3.05) is 44.3 Å². The fourth-order valence-electron chi connectivity index (χ4n) is 3.97. The summed E-state index contributed by atoms with van der Waals surface area (Å²) >= 11 is 1.52. The molecule has 0 aliphatic carbocycles. The van der Waals surface area contributed by atoms with Gasteiger partial charge in [-0.1, -0.05) is 11.3 Å². The van der Waals surface area contributed by atoms with E-state index in [1.165, 1.54) is 23.5 Å². The van der Waals surface area contributed by atoms with Crippen LogP contribution in [0.3, 0.4) is 0 Å². The average Bonchev–Trinajstić information content (AvgIpc) is 3.34. The van der Waals surface area contributed by atoms with Crippen LogP contribution in [-0.2, 0) is 9.53 Å². The number of hydrogen-bond donors (Lipinski definition) is 0. The number of aromatic nitrogens is 3. The van der Waals surface area contributed by atoms with Gasteiger partial charge < -0.3 is 14.5 Å². The van der Waals surface area contributed by atoms with Crippen molar-refractivity contribution < 1.29 is 13.9 Å². The van der Waals surface area contributed by atoms with Gasteiger partial charge in [-0.25, -0.2) is 13.9 Å². The lowest BCUT2D eigenvalue weighted by atomic mass is 9.96. The number of carbonyl (C=O) groups is 1. The fourth-order valence-corrected chi connectivity index (χ4v) is 4.89. The molecule has 0 saturated carbocycles. The number of hydrogen-bond acceptors (Lipinski definition) is 6. The second-order valence-corrected chi connectivity index (χ2v) is 8.40. The van der Waals surface area contributed by atoms with Crippen molar-refractivity contribution in [2.24, 2.45) is 5.92 Å². The number of halogens is 1. The van der Waals surface area contributed by atoms with Crippen LogP contribution in [0.5, 0.6) is 0 Å². The summed E-state index contributed by atoms with van der Waals surface area (Å²) in [4.78, 5) is 22.4. The standard InChI is InChI=1S/C20H22FN5O2S/c21-16-5-3-14(4-6-16)17-13-26-19(22-17)29-20(23-26)25-7-1-2-15(12-25)18(27)24-8-10-28-11-9-24/h3-6,13,15H,1-2,7-12H2. The summed E-state index contributed by atoms with van der Waals surface area (Å²) in [6.07, 6.45) is 3.76. The highest BCUT2D eigenvalue weighted by Crippen LogP contribution is 2.30. The number of amides is 1. The summed E-state index contributed by atoms with van der Waals surface area (Å²) in [5.74, 6) is -0.0211. The van der Waals surface area contributed by atoms with E-state index in [0.717, 1.165) is 40.7 Å². The molecule has 5 rings (SSSR count). The van der Waals surface area contributed by atoms with Crippen LogP contribution in [0.4, 0.5) is 9.52 Å². The van der Waals surface area contributed by atoms with E-state index in [0.29, 0.717) is 32.8 Å². The van der Waals surface area contributed by atoms with E-state index >= 15 is 0 Å². The second-order valence-electron chi connectivity index (χ2n) is 7.47. The molecular formula is C20H22FN5O2S. The first-order chi connectivity index (χ1) is 14.2. The molecule has 2 saturated heterocycles. The van der Waals surface area contributed by atoms with Gasteiger partial charge in [-0.15, -0.1) is 5.10 Å². The monoisotopic (exact) mass is 415 g/mol. The number of ether oxygens (including phenoxy) is 1. The van der Waals surface area contributed by atoms with Gasteiger partial charge in [-0.2, -0.15) is 0 Å². The Kier molecular flexibility index (Phi) is 4.92. The fraction of sp³-hybridized carbons (Fsp3) is 0.450. The van der Waals surface area contributed by atoms with Gasteiger partial charge in [0.2, 0.25) is 16.0 Å². The van der Waals surface area contributed by atoms with Crippen molar-refractivity contribution in [3.8, 4) is 11.3 Å². The van der Waals surface area contributed by atoms with E-state index in [-0.39, 0.29) is 17.6 Å². The van der Waals surface area contributed by atoms with E-state index in [1.807, 2.05) is 11.1 Å². The van der Waals surface area contributed by atoms with Gasteiger partial charge in [0.05, 0.1) is 31.0 Å². The Bertz CT molecular complexity index is 980. The van der Waals surface area contributed by atoms with Crippen molar-refractivity contribution in [3.63, 3.8) is 0 Å². The molecule has 0 spiro atoms. The summed E-state index contributed by atoms with van der Waals surface area (Å²) in [7, 11) is 0. The predicted molar refractivity (Wildman–Crippen MR) is 109 cm³/mol. The van der Waals surface area contributed by atoms with Gasteiger partial charge in [-0.3, -0.25) is 4.79 Å². The zero-order chi connectivity index (χ0) is 19.8. The number of morpholine rings is 1. The Hall–Kier alpha value is -2.52. The first-order valence-electron chi connectivity index (χ1n) is 9.91. The third kappa shape index (κ3) is 3.72. The van der Waals surface area contributed by atoms with E-state index in [4.69, 9.17) is 4.74 Å². The van der Waals surface area contributed by atoms with Crippen LogP contribution in [0.15, 0.2) is 30.5 Å². The average molecular weight is 415 g/mol. The molecule has 2 aromatic heterocycles. The van der Waals surface area contributed by atoms with Gasteiger partial charge in [-0.05, 0) is 37.1 Å². The van der Waals surface area contributed by atoms with Crippen molar-refractivity contribution in [1.29, 1.82) is 0 Å². The van der Waals surface area contributed by atoms with Crippen LogP contribution in [0.25, 0.3) is 16.2 Å². The first kappa shape index (κ1) is 18.5. The molecule has 2 aliphatic rings. The summed E-state index contributed by atoms with van der Waals surface area (Å²) in [6.45, 7) is 4.22. The molecule has 3 aromatic rings. The number of benzene rings is 1. The van der Waals surface area contributed by atoms with Crippen LogP contribution >= 0.6 is 11.3 Å². The number of rotatable bonds is 3. The highest BCUT2D eigenvalue weighted by Gasteiger charge is 2.31. The maximum absolute atomic E-state index is 13.1. The molecule has 0 radical (unpaired) electrons. The van der Waals surface area contributed by atoms with Gasteiger partial charge in [0.1, 0.15) is 5.82 Å². The number of piperidine rings is 1. The minimum absolute atomic E-state index is 0.00727. The largest absolute Gasteiger partial charge is 0.378 e. The smallest absolute Gasteiger partial charge is 0.227 e. The quantitative estimate of drug-likeness (QED) is 0.658. The molecule has 0 N–H and O–H groups in total. The SMILES string of the molecule is O=C(C1CCCN(c2nn3cc(-c4ccc(F)cc4)nc3s2)C1)N1CCOCC1. The topological polar surface area (TPSA) is 63.0 Å². The predicted octanol–water partition coefficient (Wildman–Crippen LogP) is 2.67. The molecule has 152 valence electrons. The van der Waals surface area contributed by atoms with Crippen LogP contribution in [-0.4, -0.2) is 64.8 Å². The lowest BCUT2D eigenvalue weighted by Gasteiger charge is -2.35. The lowest BCUT2D eigenvalue weighted by molar-refractivity contribution is -0.139. The summed E-state index contributed by atoms with van der Waals surface area (Å²) in [5, 5.41) is 5.57. The summed E-state index contributed by atoms with van der Waals surface area (Å²) < 4.78 is 20.3. The van der Waals surface area contributed by atoms with Crippen molar-refractivity contribution >= 4 is 27.3 Å². The molecule has 7 nitrogen and oxygen atoms in total. The minimum atomic E-state index is -0.263. The van der Waals surface area contributed by atoms with E-state index < -0.39 is 0 Å². The molecule has 1 atom stereocenters. The normalized spacial score (nSPS) is 20.4. The highest BCUT2D eigenvalue weighted by atomic mass is 32.1. The van der Waals surface area contributed by atoms with E-state index in [9.17, 15) is 9.18 Å². The number of fused-ring (bicyclic) bond motifs is 1. The van der Waals surface area contributed by atoms with Gasteiger partial charge in [0.15, 0.2) is 0 Å². The minimum Gasteiger partial charge on any atom is -0.378 e. The molecule has 2 fully saturated rings. The van der Waals surface area contributed by atoms with Crippen LogP contribution < -0.4 is 4.90 Å². The Balaban J connectivity index is 1.31. The van der Waals surface area contributed by atoms with Crippen molar-refractivity contribution in [1.82, 2.24) is 19.5 Å². The van der Waals surface area contributed by atoms with Gasteiger partial charge in [0, 0.05) is 31.7 Å². The second kappa shape index (κ2) is 7.72. The maximum atomic E-state index is 13.1. The van der Waals surface area contributed by atoms with E-state index in [1.54, 1.807) is 16.6 Å². The van der Waals surface area contributed by atoms with Crippen LogP contribution in [0, 0.1) is 11.7 Å². The zero-order valence-electron chi connectivity index (χ0n) is 16.0. The number of carbonyl (C=O) groups excluding carboxylic acids is 1. The number of nitrogens with zero attached hydrogens (tertiary/aromatic N) is 5. The highest BCUT2D eigenvalue weighted by molar-refractivity contribution is 7.20. The molecular weight excluding hydrogens is 393 g/mol. The Morgan fingerprint density at radius 3 is 2.72 bits per heavy atom. The summed E-state index contributed by atoms with van der Waals surface area (Å²) in [6, 6.07) is 6.30. The molecule has 0 bridgehead atoms. The third-order valence-electron chi connectivity index (χ3n) is 5.54. The van der Waals surface area contributed by atoms with Crippen LogP contribution in [0.1, 0.15) is 12.8 Å². The zero-order valence-corrected chi connectivity index (χ0v) is 16.8. The van der Waals surface area contributed by atoms with Crippen molar-refractivity contribution in [3.05, 3.63) is 36.3 Å². The maximum Gasteiger partial charge on any atom is 0.227 e. The Morgan fingerprint density at radius 1 is 1.17 bits per heavy atom. The molecule has 1 unspecified atom stereocenters. The molecule has 4 heterocycles. The number of anilines is 1. The lowest BCUT2D eigenvalue weighted by Crippen LogP contribution is -2.48. The molecule has 29 heavy (non-hydrogen) atoms.